The van der Waals surface area contributed by atoms with Crippen molar-refractivity contribution >= 4 is 11.8 Å². The van der Waals surface area contributed by atoms with Crippen LogP contribution in [-0.4, -0.2) is 60.1 Å². The molecular weight excluding hydrogens is 450 g/mol. The zero-order valence-electron chi connectivity index (χ0n) is 20.6. The summed E-state index contributed by atoms with van der Waals surface area (Å²) in [7, 11) is 3.90. The van der Waals surface area contributed by atoms with Gasteiger partial charge in [-0.15, -0.1) is 0 Å². The molecule has 7 heteroatoms. The quantitative estimate of drug-likeness (QED) is 0.322. The molecule has 36 heavy (non-hydrogen) atoms. The molecule has 0 radical (unpaired) electrons. The third-order valence-corrected chi connectivity index (χ3v) is 5.87. The summed E-state index contributed by atoms with van der Waals surface area (Å²) in [6.07, 6.45) is 0.394. The van der Waals surface area contributed by atoms with Gasteiger partial charge in [0.2, 0.25) is 5.91 Å². The molecule has 1 heterocycles. The van der Waals surface area contributed by atoms with Gasteiger partial charge in [-0.2, -0.15) is 5.10 Å². The summed E-state index contributed by atoms with van der Waals surface area (Å²) in [4.78, 5) is 28.5. The minimum Gasteiger partial charge on any atom is -0.353 e. The number of likely N-dealkylation sites (N-methyl/N-ethyl adjacent to an activating group) is 1. The number of H-pyrrole nitrogens is 1. The van der Waals surface area contributed by atoms with Gasteiger partial charge in [-0.25, -0.2) is 0 Å². The van der Waals surface area contributed by atoms with E-state index in [-0.39, 0.29) is 11.8 Å². The van der Waals surface area contributed by atoms with E-state index in [4.69, 9.17) is 0 Å². The Morgan fingerprint density at radius 3 is 2.31 bits per heavy atom. The predicted octanol–water partition coefficient (Wildman–Crippen LogP) is 3.76. The molecule has 1 atom stereocenters. The number of nitrogens with zero attached hydrogens (tertiary/aromatic N) is 2. The zero-order chi connectivity index (χ0) is 25.3. The van der Waals surface area contributed by atoms with E-state index in [0.29, 0.717) is 25.1 Å². The van der Waals surface area contributed by atoms with E-state index in [1.54, 1.807) is 6.07 Å². The van der Waals surface area contributed by atoms with Crippen molar-refractivity contribution in [1.29, 1.82) is 0 Å². The largest absolute Gasteiger partial charge is 0.353 e. The first kappa shape index (κ1) is 24.9. The van der Waals surface area contributed by atoms with Gasteiger partial charge in [0.15, 0.2) is 0 Å². The van der Waals surface area contributed by atoms with Gasteiger partial charge in [0, 0.05) is 36.2 Å². The molecule has 184 valence electrons. The molecule has 3 N–H and O–H groups in total. The molecule has 4 aromatic rings. The molecule has 3 aromatic carbocycles. The maximum absolute atomic E-state index is 13.5. The number of amides is 2. The molecule has 0 spiro atoms. The lowest BCUT2D eigenvalue weighted by Crippen LogP contribution is -2.49. The molecule has 0 aliphatic rings. The number of hydrogen-bond acceptors (Lipinski definition) is 4. The Balaban J connectivity index is 1.56. The number of aromatic nitrogens is 2. The second kappa shape index (κ2) is 12.0. The normalized spacial score (nSPS) is 11.8. The number of benzene rings is 3. The Hall–Kier alpha value is -4.23. The highest BCUT2D eigenvalue weighted by atomic mass is 16.2. The van der Waals surface area contributed by atoms with Crippen LogP contribution in [0.4, 0.5) is 0 Å². The molecule has 0 aliphatic heterocycles. The molecule has 0 saturated heterocycles. The van der Waals surface area contributed by atoms with Gasteiger partial charge in [-0.1, -0.05) is 78.9 Å². The molecule has 0 aliphatic carbocycles. The number of aromatic amines is 1. The van der Waals surface area contributed by atoms with E-state index in [0.717, 1.165) is 28.1 Å². The van der Waals surface area contributed by atoms with Crippen molar-refractivity contribution in [1.82, 2.24) is 25.7 Å². The van der Waals surface area contributed by atoms with Gasteiger partial charge in [0.25, 0.3) is 5.91 Å². The highest BCUT2D eigenvalue weighted by molar-refractivity contribution is 6.02. The summed E-state index contributed by atoms with van der Waals surface area (Å²) in [6.45, 7) is 1.21. The third-order valence-electron chi connectivity index (χ3n) is 5.87. The molecule has 0 unspecified atom stereocenters. The second-order valence-electron chi connectivity index (χ2n) is 8.89. The molecule has 0 saturated carbocycles. The molecule has 0 fully saturated rings. The number of hydrogen-bond donors (Lipinski definition) is 3. The van der Waals surface area contributed by atoms with Crippen molar-refractivity contribution in [2.45, 2.75) is 12.5 Å². The second-order valence-corrected chi connectivity index (χ2v) is 8.89. The van der Waals surface area contributed by atoms with E-state index in [2.05, 4.69) is 20.8 Å². The first-order valence-corrected chi connectivity index (χ1v) is 12.0. The van der Waals surface area contributed by atoms with Gasteiger partial charge < -0.3 is 15.5 Å². The SMILES string of the molecule is CN(C)CCNC(=O)[C@H](Cc1ccccc1)NC(=O)c1ccccc1-c1cc(-c2ccccc2)n[nH]1. The highest BCUT2D eigenvalue weighted by Crippen LogP contribution is 2.26. The zero-order valence-corrected chi connectivity index (χ0v) is 20.6. The van der Waals surface area contributed by atoms with Crippen LogP contribution in [0.3, 0.4) is 0 Å². The number of carbonyl (C=O) groups is 2. The Bertz CT molecular complexity index is 1290. The van der Waals surface area contributed by atoms with Gasteiger partial charge in [0.05, 0.1) is 11.4 Å². The van der Waals surface area contributed by atoms with Crippen molar-refractivity contribution in [2.75, 3.05) is 27.2 Å². The van der Waals surface area contributed by atoms with Gasteiger partial charge in [-0.05, 0) is 31.8 Å². The predicted molar refractivity (Wildman–Crippen MR) is 142 cm³/mol. The Labute approximate surface area is 211 Å². The van der Waals surface area contributed by atoms with Crippen LogP contribution in [0.25, 0.3) is 22.5 Å². The first-order valence-electron chi connectivity index (χ1n) is 12.0. The molecule has 7 nitrogen and oxygen atoms in total. The number of rotatable bonds is 10. The summed E-state index contributed by atoms with van der Waals surface area (Å²) in [5, 5.41) is 13.4. The summed E-state index contributed by atoms with van der Waals surface area (Å²) in [5.74, 6) is -0.524. The van der Waals surface area contributed by atoms with Crippen LogP contribution in [0, 0.1) is 0 Å². The van der Waals surface area contributed by atoms with Crippen LogP contribution in [-0.2, 0) is 11.2 Å². The van der Waals surface area contributed by atoms with Crippen LogP contribution in [0.15, 0.2) is 91.0 Å². The molecule has 0 bridgehead atoms. The smallest absolute Gasteiger partial charge is 0.252 e. The van der Waals surface area contributed by atoms with E-state index >= 15 is 0 Å². The van der Waals surface area contributed by atoms with Crippen LogP contribution in [0.5, 0.6) is 0 Å². The van der Waals surface area contributed by atoms with Crippen LogP contribution < -0.4 is 10.6 Å². The summed E-state index contributed by atoms with van der Waals surface area (Å²) in [6, 6.07) is 28.1. The van der Waals surface area contributed by atoms with Crippen LogP contribution in [0.1, 0.15) is 15.9 Å². The first-order chi connectivity index (χ1) is 17.5. The average Bonchev–Trinajstić information content (AvgIpc) is 3.39. The Morgan fingerprint density at radius 1 is 0.917 bits per heavy atom. The molecular formula is C29H31N5O2. The minimum absolute atomic E-state index is 0.209. The van der Waals surface area contributed by atoms with Gasteiger partial charge in [-0.3, -0.25) is 14.7 Å². The Morgan fingerprint density at radius 2 is 1.58 bits per heavy atom. The molecule has 1 aromatic heterocycles. The monoisotopic (exact) mass is 481 g/mol. The molecule has 4 rings (SSSR count). The van der Waals surface area contributed by atoms with Gasteiger partial charge in [0.1, 0.15) is 6.04 Å². The van der Waals surface area contributed by atoms with Crippen LogP contribution in [0.2, 0.25) is 0 Å². The van der Waals surface area contributed by atoms with E-state index in [1.165, 1.54) is 0 Å². The minimum atomic E-state index is -0.711. The van der Waals surface area contributed by atoms with Crippen molar-refractivity contribution in [3.63, 3.8) is 0 Å². The Kier molecular flexibility index (Phi) is 8.26. The number of carbonyl (C=O) groups excluding carboxylic acids is 2. The lowest BCUT2D eigenvalue weighted by molar-refractivity contribution is -0.123. The van der Waals surface area contributed by atoms with Gasteiger partial charge >= 0.3 is 0 Å². The average molecular weight is 482 g/mol. The van der Waals surface area contributed by atoms with Crippen molar-refractivity contribution in [3.8, 4) is 22.5 Å². The fourth-order valence-corrected chi connectivity index (χ4v) is 3.95. The van der Waals surface area contributed by atoms with Crippen LogP contribution >= 0.6 is 0 Å². The fourth-order valence-electron chi connectivity index (χ4n) is 3.95. The summed E-state index contributed by atoms with van der Waals surface area (Å²) < 4.78 is 0. The standard InChI is InChI=1S/C29H31N5O2/c1-34(2)18-17-30-29(36)27(19-21-11-5-3-6-12-21)31-28(35)24-16-10-9-15-23(24)26-20-25(32-33-26)22-13-7-4-8-14-22/h3-16,20,27H,17-19H2,1-2H3,(H,30,36)(H,31,35)(H,32,33)/t27-/m0/s1. The summed E-state index contributed by atoms with van der Waals surface area (Å²) >= 11 is 0. The third kappa shape index (κ3) is 6.46. The van der Waals surface area contributed by atoms with E-state index in [1.807, 2.05) is 104 Å². The van der Waals surface area contributed by atoms with Crippen molar-refractivity contribution in [3.05, 3.63) is 102 Å². The lowest BCUT2D eigenvalue weighted by Gasteiger charge is -2.20. The number of nitrogens with one attached hydrogen (secondary N) is 3. The fraction of sp³-hybridized carbons (Fsp3) is 0.207. The maximum Gasteiger partial charge on any atom is 0.252 e. The van der Waals surface area contributed by atoms with E-state index in [9.17, 15) is 9.59 Å². The van der Waals surface area contributed by atoms with E-state index < -0.39 is 6.04 Å². The topological polar surface area (TPSA) is 90.1 Å². The lowest BCUT2D eigenvalue weighted by atomic mass is 10.0. The van der Waals surface area contributed by atoms with Crippen molar-refractivity contribution < 1.29 is 9.59 Å². The summed E-state index contributed by atoms with van der Waals surface area (Å²) in [5.41, 5.74) is 4.67. The molecule has 2 amide bonds. The highest BCUT2D eigenvalue weighted by Gasteiger charge is 2.23. The maximum atomic E-state index is 13.5. The van der Waals surface area contributed by atoms with Crippen molar-refractivity contribution in [2.24, 2.45) is 0 Å².